The number of nitrogens with zero attached hydrogens (tertiary/aromatic N) is 2. The topological polar surface area (TPSA) is 63.5 Å². The van der Waals surface area contributed by atoms with Gasteiger partial charge in [-0.1, -0.05) is 13.0 Å². The van der Waals surface area contributed by atoms with E-state index in [9.17, 15) is 0 Å². The Balaban J connectivity index is 2.59. The normalized spacial score (nSPS) is 13.2. The first kappa shape index (κ1) is 11.1. The number of pyridine rings is 1. The van der Waals surface area contributed by atoms with E-state index in [1.807, 2.05) is 25.3 Å². The van der Waals surface area contributed by atoms with Crippen LogP contribution in [0.5, 0.6) is 0 Å². The molecule has 0 aliphatic rings. The van der Waals surface area contributed by atoms with Crippen LogP contribution in [0.1, 0.15) is 30.0 Å². The van der Waals surface area contributed by atoms with E-state index in [4.69, 9.17) is 10.8 Å². The number of aliphatic hydroxyl groups is 1. The summed E-state index contributed by atoms with van der Waals surface area (Å²) in [6.07, 6.45) is 2.85. The fourth-order valence-electron chi connectivity index (χ4n) is 1.90. The van der Waals surface area contributed by atoms with Crippen molar-refractivity contribution in [2.75, 3.05) is 6.61 Å². The molecule has 0 aliphatic heterocycles. The maximum atomic E-state index is 9.04. The van der Waals surface area contributed by atoms with Gasteiger partial charge in [0.25, 0.3) is 0 Å². The molecule has 16 heavy (non-hydrogen) atoms. The zero-order valence-electron chi connectivity index (χ0n) is 9.64. The monoisotopic (exact) mass is 219 g/mol. The Hall–Kier alpha value is -1.39. The molecule has 2 aromatic heterocycles. The van der Waals surface area contributed by atoms with Gasteiger partial charge in [0.15, 0.2) is 0 Å². The lowest BCUT2D eigenvalue weighted by Gasteiger charge is -2.09. The van der Waals surface area contributed by atoms with Crippen LogP contribution in [0.15, 0.2) is 18.3 Å². The van der Waals surface area contributed by atoms with Crippen molar-refractivity contribution < 1.29 is 5.11 Å². The summed E-state index contributed by atoms with van der Waals surface area (Å²) in [4.78, 5) is 4.49. The second kappa shape index (κ2) is 4.23. The van der Waals surface area contributed by atoms with Crippen LogP contribution >= 0.6 is 0 Å². The molecule has 0 amide bonds. The maximum Gasteiger partial charge on any atom is 0.113 e. The highest BCUT2D eigenvalue weighted by molar-refractivity contribution is 5.53. The van der Waals surface area contributed by atoms with Gasteiger partial charge >= 0.3 is 0 Å². The first-order chi connectivity index (χ1) is 7.67. The predicted molar refractivity (Wildman–Crippen MR) is 63.3 cm³/mol. The van der Waals surface area contributed by atoms with Crippen LogP contribution in [0.3, 0.4) is 0 Å². The lowest BCUT2D eigenvalue weighted by atomic mass is 10.1. The highest BCUT2D eigenvalue weighted by Crippen LogP contribution is 2.17. The second-order valence-electron chi connectivity index (χ2n) is 3.97. The minimum absolute atomic E-state index is 0.0410. The molecule has 1 unspecified atom stereocenters. The highest BCUT2D eigenvalue weighted by Gasteiger charge is 2.09. The van der Waals surface area contributed by atoms with Gasteiger partial charge in [-0.15, -0.1) is 0 Å². The summed E-state index contributed by atoms with van der Waals surface area (Å²) in [6, 6.07) is 3.63. The Morgan fingerprint density at radius 2 is 2.25 bits per heavy atom. The summed E-state index contributed by atoms with van der Waals surface area (Å²) >= 11 is 0. The van der Waals surface area contributed by atoms with Gasteiger partial charge in [-0.3, -0.25) is 0 Å². The average molecular weight is 219 g/mol. The van der Waals surface area contributed by atoms with Gasteiger partial charge in [0.05, 0.1) is 23.9 Å². The minimum atomic E-state index is -0.322. The van der Waals surface area contributed by atoms with E-state index < -0.39 is 0 Å². The molecule has 0 fully saturated rings. The highest BCUT2D eigenvalue weighted by atomic mass is 16.3. The van der Waals surface area contributed by atoms with Crippen LogP contribution in [0.4, 0.5) is 0 Å². The average Bonchev–Trinajstić information content (AvgIpc) is 2.64. The number of aliphatic hydroxyl groups excluding tert-OH is 1. The molecule has 0 spiro atoms. The number of fused-ring (bicyclic) bond motifs is 1. The third-order valence-electron chi connectivity index (χ3n) is 2.86. The number of aryl methyl sites for hydroxylation is 2. The maximum absolute atomic E-state index is 9.04. The van der Waals surface area contributed by atoms with E-state index in [1.54, 1.807) is 0 Å². The quantitative estimate of drug-likeness (QED) is 0.815. The molecule has 86 valence electrons. The molecule has 0 aliphatic carbocycles. The molecule has 1 atom stereocenters. The third-order valence-corrected chi connectivity index (χ3v) is 2.86. The lowest BCUT2D eigenvalue weighted by Crippen LogP contribution is -2.15. The Morgan fingerprint density at radius 3 is 2.88 bits per heavy atom. The molecule has 4 nitrogen and oxygen atoms in total. The number of hydrogen-bond donors (Lipinski definition) is 2. The van der Waals surface area contributed by atoms with Gasteiger partial charge in [-0.05, 0) is 18.6 Å². The van der Waals surface area contributed by atoms with E-state index in [-0.39, 0.29) is 12.6 Å². The zero-order valence-corrected chi connectivity index (χ0v) is 9.64. The molecule has 0 aromatic carbocycles. The Morgan fingerprint density at radius 1 is 1.50 bits per heavy atom. The van der Waals surface area contributed by atoms with Crippen LogP contribution < -0.4 is 5.73 Å². The summed E-state index contributed by atoms with van der Waals surface area (Å²) in [7, 11) is 0. The molecule has 2 rings (SSSR count). The SMILES string of the molecule is CCc1nc(C)c2ccc(C(N)CO)cn12. The van der Waals surface area contributed by atoms with E-state index >= 15 is 0 Å². The summed E-state index contributed by atoms with van der Waals surface area (Å²) in [5.74, 6) is 1.03. The van der Waals surface area contributed by atoms with Crippen molar-refractivity contribution in [3.05, 3.63) is 35.4 Å². The number of imidazole rings is 1. The predicted octanol–water partition coefficient (Wildman–Crippen LogP) is 1.20. The van der Waals surface area contributed by atoms with Gasteiger partial charge in [0, 0.05) is 12.6 Å². The number of aromatic nitrogens is 2. The van der Waals surface area contributed by atoms with Crippen molar-refractivity contribution in [1.29, 1.82) is 0 Å². The van der Waals surface area contributed by atoms with Crippen molar-refractivity contribution in [3.8, 4) is 0 Å². The molecular formula is C12H17N3O. The van der Waals surface area contributed by atoms with Crippen LogP contribution in [0.25, 0.3) is 5.52 Å². The molecule has 2 heterocycles. The van der Waals surface area contributed by atoms with E-state index in [0.717, 1.165) is 29.0 Å². The Labute approximate surface area is 94.7 Å². The molecule has 0 saturated heterocycles. The van der Waals surface area contributed by atoms with Gasteiger partial charge < -0.3 is 15.2 Å². The van der Waals surface area contributed by atoms with Crippen LogP contribution in [0, 0.1) is 6.92 Å². The third kappa shape index (κ3) is 1.70. The van der Waals surface area contributed by atoms with Crippen LogP contribution in [0.2, 0.25) is 0 Å². The Kier molecular flexibility index (Phi) is 2.94. The minimum Gasteiger partial charge on any atom is -0.394 e. The fourth-order valence-corrected chi connectivity index (χ4v) is 1.90. The summed E-state index contributed by atoms with van der Waals surface area (Å²) in [5.41, 5.74) is 8.86. The van der Waals surface area contributed by atoms with Crippen LogP contribution in [-0.2, 0) is 6.42 Å². The van der Waals surface area contributed by atoms with Gasteiger partial charge in [0.1, 0.15) is 5.82 Å². The summed E-state index contributed by atoms with van der Waals surface area (Å²) in [6.45, 7) is 4.04. The molecule has 0 bridgehead atoms. The van der Waals surface area contributed by atoms with E-state index in [0.29, 0.717) is 0 Å². The first-order valence-electron chi connectivity index (χ1n) is 5.51. The number of rotatable bonds is 3. The summed E-state index contributed by atoms with van der Waals surface area (Å²) < 4.78 is 2.06. The molecule has 0 saturated carbocycles. The Bertz CT molecular complexity index is 504. The number of nitrogens with two attached hydrogens (primary N) is 1. The van der Waals surface area contributed by atoms with E-state index in [1.165, 1.54) is 0 Å². The standard InChI is InChI=1S/C12H17N3O/c1-3-12-14-8(2)11-5-4-9(6-15(11)12)10(13)7-16/h4-6,10,16H,3,7,13H2,1-2H3. The van der Waals surface area contributed by atoms with Gasteiger partial charge in [-0.25, -0.2) is 4.98 Å². The van der Waals surface area contributed by atoms with Gasteiger partial charge in [-0.2, -0.15) is 0 Å². The lowest BCUT2D eigenvalue weighted by molar-refractivity contribution is 0.267. The second-order valence-corrected chi connectivity index (χ2v) is 3.97. The summed E-state index contributed by atoms with van der Waals surface area (Å²) in [5, 5.41) is 9.04. The molecule has 4 heteroatoms. The smallest absolute Gasteiger partial charge is 0.113 e. The fraction of sp³-hybridized carbons (Fsp3) is 0.417. The van der Waals surface area contributed by atoms with Crippen molar-refractivity contribution >= 4 is 5.52 Å². The molecule has 3 N–H and O–H groups in total. The zero-order chi connectivity index (χ0) is 11.7. The van der Waals surface area contributed by atoms with Crippen molar-refractivity contribution in [2.45, 2.75) is 26.3 Å². The largest absolute Gasteiger partial charge is 0.394 e. The number of hydrogen-bond acceptors (Lipinski definition) is 3. The van der Waals surface area contributed by atoms with Crippen molar-refractivity contribution in [2.24, 2.45) is 5.73 Å². The van der Waals surface area contributed by atoms with Gasteiger partial charge in [0.2, 0.25) is 0 Å². The van der Waals surface area contributed by atoms with Crippen molar-refractivity contribution in [1.82, 2.24) is 9.38 Å². The van der Waals surface area contributed by atoms with Crippen LogP contribution in [-0.4, -0.2) is 21.1 Å². The molecule has 2 aromatic rings. The molecule has 0 radical (unpaired) electrons. The van der Waals surface area contributed by atoms with E-state index in [2.05, 4.69) is 16.3 Å². The molecular weight excluding hydrogens is 202 g/mol. The first-order valence-corrected chi connectivity index (χ1v) is 5.51. The van der Waals surface area contributed by atoms with Crippen molar-refractivity contribution in [3.63, 3.8) is 0 Å².